The normalized spacial score (nSPS) is 10.6. The van der Waals surface area contributed by atoms with Crippen molar-refractivity contribution in [2.45, 2.75) is 34.1 Å². The molecule has 0 saturated carbocycles. The van der Waals surface area contributed by atoms with Crippen molar-refractivity contribution in [2.75, 3.05) is 6.61 Å². The van der Waals surface area contributed by atoms with Crippen LogP contribution in [0.3, 0.4) is 0 Å². The van der Waals surface area contributed by atoms with Crippen LogP contribution in [-0.2, 0) is 11.2 Å². The Hall–Kier alpha value is -2.10. The third-order valence-corrected chi connectivity index (χ3v) is 3.11. The van der Waals surface area contributed by atoms with Gasteiger partial charge in [-0.1, -0.05) is 24.6 Å². The molecule has 1 aromatic heterocycles. The van der Waals surface area contributed by atoms with E-state index in [1.54, 1.807) is 6.92 Å². The minimum Gasteiger partial charge on any atom is -0.460 e. The molecule has 0 aliphatic heterocycles. The molecule has 2 aromatic rings. The summed E-state index contributed by atoms with van der Waals surface area (Å²) in [4.78, 5) is 16.3. The summed E-state index contributed by atoms with van der Waals surface area (Å²) in [5, 5.41) is 0. The van der Waals surface area contributed by atoms with E-state index in [9.17, 15) is 4.79 Å². The smallest absolute Gasteiger partial charge is 0.376 e. The van der Waals surface area contributed by atoms with Crippen molar-refractivity contribution in [2.24, 2.45) is 0 Å². The third-order valence-electron chi connectivity index (χ3n) is 3.11. The molecule has 1 aromatic carbocycles. The maximum atomic E-state index is 11.9. The van der Waals surface area contributed by atoms with Crippen LogP contribution < -0.4 is 0 Å². The Morgan fingerprint density at radius 2 is 2.05 bits per heavy atom. The van der Waals surface area contributed by atoms with Crippen molar-refractivity contribution < 1.29 is 13.9 Å². The maximum absolute atomic E-state index is 11.9. The number of rotatable bonds is 4. The monoisotopic (exact) mass is 273 g/mol. The van der Waals surface area contributed by atoms with Crippen LogP contribution in [0.5, 0.6) is 0 Å². The van der Waals surface area contributed by atoms with E-state index in [1.165, 1.54) is 5.56 Å². The van der Waals surface area contributed by atoms with Gasteiger partial charge in [0.15, 0.2) is 0 Å². The van der Waals surface area contributed by atoms with Crippen LogP contribution in [0.4, 0.5) is 0 Å². The van der Waals surface area contributed by atoms with Gasteiger partial charge < -0.3 is 9.15 Å². The summed E-state index contributed by atoms with van der Waals surface area (Å²) in [6.07, 6.45) is 0.628. The number of esters is 1. The fourth-order valence-corrected chi connectivity index (χ4v) is 2.12. The summed E-state index contributed by atoms with van der Waals surface area (Å²) in [7, 11) is 0. The molecule has 0 fully saturated rings. The molecule has 0 atom stereocenters. The summed E-state index contributed by atoms with van der Waals surface area (Å²) in [6.45, 7) is 8.06. The minimum atomic E-state index is -0.451. The summed E-state index contributed by atoms with van der Waals surface area (Å²) in [5.74, 6) is 0.236. The number of nitrogens with zero attached hydrogens (tertiary/aromatic N) is 1. The predicted molar refractivity (Wildman–Crippen MR) is 76.7 cm³/mol. The van der Waals surface area contributed by atoms with E-state index in [0.29, 0.717) is 24.6 Å². The predicted octanol–water partition coefficient (Wildman–Crippen LogP) is 3.70. The highest BCUT2D eigenvalue weighted by Gasteiger charge is 2.21. The fraction of sp³-hybridized carbons (Fsp3) is 0.375. The molecule has 0 radical (unpaired) electrons. The van der Waals surface area contributed by atoms with Crippen molar-refractivity contribution in [1.82, 2.24) is 4.98 Å². The molecule has 0 bridgehead atoms. The van der Waals surface area contributed by atoms with Crippen molar-refractivity contribution in [3.05, 3.63) is 40.8 Å². The van der Waals surface area contributed by atoms with E-state index in [2.05, 4.69) is 11.1 Å². The molecule has 20 heavy (non-hydrogen) atoms. The number of oxazole rings is 1. The number of ether oxygens (including phenoxy) is 1. The van der Waals surface area contributed by atoms with Gasteiger partial charge >= 0.3 is 5.97 Å². The lowest BCUT2D eigenvalue weighted by molar-refractivity contribution is 0.0489. The Balaban J connectivity index is 2.45. The SMILES string of the molecule is CCOC(=O)c1oc(-c2ccc(C)cc2C)nc1CC. The molecule has 4 nitrogen and oxygen atoms in total. The van der Waals surface area contributed by atoms with Gasteiger partial charge in [0, 0.05) is 5.56 Å². The molecule has 0 saturated heterocycles. The van der Waals surface area contributed by atoms with Crippen LogP contribution in [0, 0.1) is 13.8 Å². The topological polar surface area (TPSA) is 52.3 Å². The summed E-state index contributed by atoms with van der Waals surface area (Å²) >= 11 is 0. The zero-order valence-electron chi connectivity index (χ0n) is 12.3. The first kappa shape index (κ1) is 14.3. The first-order valence-corrected chi connectivity index (χ1v) is 6.81. The first-order valence-electron chi connectivity index (χ1n) is 6.81. The van der Waals surface area contributed by atoms with Gasteiger partial charge in [0.2, 0.25) is 11.7 Å². The molecule has 0 aliphatic carbocycles. The minimum absolute atomic E-state index is 0.212. The van der Waals surface area contributed by atoms with Gasteiger partial charge in [-0.2, -0.15) is 0 Å². The Labute approximate surface area is 118 Å². The van der Waals surface area contributed by atoms with E-state index >= 15 is 0 Å². The highest BCUT2D eigenvalue weighted by atomic mass is 16.5. The summed E-state index contributed by atoms with van der Waals surface area (Å²) in [6, 6.07) is 6.03. The van der Waals surface area contributed by atoms with E-state index in [-0.39, 0.29) is 5.76 Å². The molecule has 106 valence electrons. The molecular formula is C16H19NO3. The van der Waals surface area contributed by atoms with Gasteiger partial charge in [-0.15, -0.1) is 0 Å². The van der Waals surface area contributed by atoms with Crippen molar-refractivity contribution in [1.29, 1.82) is 0 Å². The van der Waals surface area contributed by atoms with E-state index in [0.717, 1.165) is 11.1 Å². The lowest BCUT2D eigenvalue weighted by Gasteiger charge is -2.02. The molecule has 4 heteroatoms. The van der Waals surface area contributed by atoms with E-state index in [4.69, 9.17) is 9.15 Å². The molecule has 0 spiro atoms. The Kier molecular flexibility index (Phi) is 4.23. The van der Waals surface area contributed by atoms with Crippen LogP contribution >= 0.6 is 0 Å². The second-order valence-corrected chi connectivity index (χ2v) is 4.69. The number of aromatic nitrogens is 1. The van der Waals surface area contributed by atoms with Gasteiger partial charge in [0.1, 0.15) is 0 Å². The van der Waals surface area contributed by atoms with Gasteiger partial charge in [-0.25, -0.2) is 9.78 Å². The standard InChI is InChI=1S/C16H19NO3/c1-5-13-14(16(18)19-6-2)20-15(17-13)12-8-7-10(3)9-11(12)4/h7-9H,5-6H2,1-4H3. The Bertz CT molecular complexity index is 629. The van der Waals surface area contributed by atoms with Gasteiger partial charge in [-0.05, 0) is 38.8 Å². The molecule has 0 amide bonds. The average molecular weight is 273 g/mol. The Morgan fingerprint density at radius 1 is 1.30 bits per heavy atom. The van der Waals surface area contributed by atoms with Crippen molar-refractivity contribution in [3.8, 4) is 11.5 Å². The van der Waals surface area contributed by atoms with Crippen LogP contribution in [0.1, 0.15) is 41.2 Å². The second kappa shape index (κ2) is 5.90. The van der Waals surface area contributed by atoms with Gasteiger partial charge in [-0.3, -0.25) is 0 Å². The average Bonchev–Trinajstić information content (AvgIpc) is 2.83. The third kappa shape index (κ3) is 2.74. The number of carbonyl (C=O) groups excluding carboxylic acids is 1. The second-order valence-electron chi connectivity index (χ2n) is 4.69. The zero-order chi connectivity index (χ0) is 14.7. The zero-order valence-corrected chi connectivity index (χ0v) is 12.3. The fourth-order valence-electron chi connectivity index (χ4n) is 2.12. The lowest BCUT2D eigenvalue weighted by Crippen LogP contribution is -2.05. The summed E-state index contributed by atoms with van der Waals surface area (Å²) in [5.41, 5.74) is 3.79. The van der Waals surface area contributed by atoms with Crippen LogP contribution in [0.2, 0.25) is 0 Å². The number of benzene rings is 1. The Morgan fingerprint density at radius 3 is 2.65 bits per heavy atom. The molecule has 0 N–H and O–H groups in total. The molecule has 1 heterocycles. The number of hydrogen-bond donors (Lipinski definition) is 0. The van der Waals surface area contributed by atoms with Crippen LogP contribution in [0.25, 0.3) is 11.5 Å². The quantitative estimate of drug-likeness (QED) is 0.797. The van der Waals surface area contributed by atoms with Gasteiger partial charge in [0.05, 0.1) is 12.3 Å². The molecule has 0 unspecified atom stereocenters. The van der Waals surface area contributed by atoms with Crippen molar-refractivity contribution in [3.63, 3.8) is 0 Å². The van der Waals surface area contributed by atoms with Crippen LogP contribution in [-0.4, -0.2) is 17.6 Å². The highest BCUT2D eigenvalue weighted by molar-refractivity contribution is 5.88. The summed E-state index contributed by atoms with van der Waals surface area (Å²) < 4.78 is 10.6. The maximum Gasteiger partial charge on any atom is 0.376 e. The van der Waals surface area contributed by atoms with E-state index in [1.807, 2.05) is 32.9 Å². The molecular weight excluding hydrogens is 254 g/mol. The lowest BCUT2D eigenvalue weighted by atomic mass is 10.1. The number of hydrogen-bond acceptors (Lipinski definition) is 4. The highest BCUT2D eigenvalue weighted by Crippen LogP contribution is 2.26. The van der Waals surface area contributed by atoms with Crippen LogP contribution in [0.15, 0.2) is 22.6 Å². The van der Waals surface area contributed by atoms with Crippen molar-refractivity contribution >= 4 is 5.97 Å². The number of aryl methyl sites for hydroxylation is 3. The molecule has 0 aliphatic rings. The van der Waals surface area contributed by atoms with Gasteiger partial charge in [0.25, 0.3) is 0 Å². The van der Waals surface area contributed by atoms with E-state index < -0.39 is 5.97 Å². The number of carbonyl (C=O) groups is 1. The first-order chi connectivity index (χ1) is 9.56. The molecule has 2 rings (SSSR count). The largest absolute Gasteiger partial charge is 0.460 e.